The number of carbonyl (C=O) groups excluding carboxylic acids is 1. The van der Waals surface area contributed by atoms with Crippen molar-refractivity contribution in [3.05, 3.63) is 54.2 Å². The van der Waals surface area contributed by atoms with Gasteiger partial charge < -0.3 is 23.6 Å². The molecule has 0 saturated heterocycles. The van der Waals surface area contributed by atoms with Gasteiger partial charge in [0.15, 0.2) is 11.6 Å². The van der Waals surface area contributed by atoms with Gasteiger partial charge in [0.25, 0.3) is 11.8 Å². The number of furan rings is 1. The lowest BCUT2D eigenvalue weighted by atomic mass is 10.2. The fraction of sp³-hybridized carbons (Fsp3) is 0.167. The second-order valence-corrected chi connectivity index (χ2v) is 5.69. The maximum absolute atomic E-state index is 12.5. The summed E-state index contributed by atoms with van der Waals surface area (Å²) in [5.74, 6) is 1.64. The van der Waals surface area contributed by atoms with E-state index < -0.39 is 0 Å². The van der Waals surface area contributed by atoms with Crippen molar-refractivity contribution >= 4 is 16.8 Å². The van der Waals surface area contributed by atoms with Gasteiger partial charge in [-0.3, -0.25) is 4.79 Å². The molecule has 3 heterocycles. The standard InChI is InChI=1S/C18H16N4O4/c1-22-13-6-5-12(24-2)8-11(13)9-14(22)17(23)19-10-16-20-18(26-21-16)15-4-3-7-25-15/h3-9H,10H2,1-2H3,(H,19,23). The number of hydrogen-bond donors (Lipinski definition) is 1. The summed E-state index contributed by atoms with van der Waals surface area (Å²) in [6.07, 6.45) is 1.52. The van der Waals surface area contributed by atoms with Crippen LogP contribution in [0.5, 0.6) is 5.75 Å². The number of nitrogens with one attached hydrogen (secondary N) is 1. The Balaban J connectivity index is 1.50. The molecular weight excluding hydrogens is 336 g/mol. The molecule has 0 saturated carbocycles. The van der Waals surface area contributed by atoms with Gasteiger partial charge in [0.2, 0.25) is 0 Å². The molecule has 0 atom stereocenters. The van der Waals surface area contributed by atoms with Crippen LogP contribution in [-0.2, 0) is 13.6 Å². The van der Waals surface area contributed by atoms with Crippen molar-refractivity contribution in [2.45, 2.75) is 6.54 Å². The average molecular weight is 352 g/mol. The summed E-state index contributed by atoms with van der Waals surface area (Å²) in [6.45, 7) is 0.147. The Morgan fingerprint density at radius 1 is 1.31 bits per heavy atom. The van der Waals surface area contributed by atoms with Crippen LogP contribution in [0, 0.1) is 0 Å². The highest BCUT2D eigenvalue weighted by atomic mass is 16.5. The smallest absolute Gasteiger partial charge is 0.293 e. The van der Waals surface area contributed by atoms with Crippen molar-refractivity contribution in [1.29, 1.82) is 0 Å². The molecule has 0 unspecified atom stereocenters. The molecular formula is C18H16N4O4. The van der Waals surface area contributed by atoms with Gasteiger partial charge in [0.05, 0.1) is 19.9 Å². The Kier molecular flexibility index (Phi) is 3.92. The monoisotopic (exact) mass is 352 g/mol. The number of fused-ring (bicyclic) bond motifs is 1. The van der Waals surface area contributed by atoms with E-state index in [2.05, 4.69) is 15.5 Å². The van der Waals surface area contributed by atoms with Crippen molar-refractivity contribution in [3.63, 3.8) is 0 Å². The summed E-state index contributed by atoms with van der Waals surface area (Å²) in [6, 6.07) is 10.9. The molecule has 0 spiro atoms. The molecule has 3 aromatic heterocycles. The van der Waals surface area contributed by atoms with Gasteiger partial charge in [-0.2, -0.15) is 4.98 Å². The zero-order valence-corrected chi connectivity index (χ0v) is 14.2. The highest BCUT2D eigenvalue weighted by Crippen LogP contribution is 2.24. The number of methoxy groups -OCH3 is 1. The number of rotatable bonds is 5. The molecule has 0 fully saturated rings. The third kappa shape index (κ3) is 2.81. The van der Waals surface area contributed by atoms with Crippen LogP contribution in [0.25, 0.3) is 22.6 Å². The Morgan fingerprint density at radius 2 is 2.19 bits per heavy atom. The molecule has 4 aromatic rings. The predicted molar refractivity (Wildman–Crippen MR) is 92.6 cm³/mol. The number of aromatic nitrogens is 3. The maximum Gasteiger partial charge on any atom is 0.293 e. The number of nitrogens with zero attached hydrogens (tertiary/aromatic N) is 3. The minimum atomic E-state index is -0.230. The van der Waals surface area contributed by atoms with E-state index in [0.717, 1.165) is 16.7 Å². The van der Waals surface area contributed by atoms with Crippen LogP contribution < -0.4 is 10.1 Å². The zero-order chi connectivity index (χ0) is 18.1. The third-order valence-electron chi connectivity index (χ3n) is 4.09. The highest BCUT2D eigenvalue weighted by molar-refractivity contribution is 5.98. The Morgan fingerprint density at radius 3 is 2.96 bits per heavy atom. The molecule has 132 valence electrons. The first kappa shape index (κ1) is 15.9. The maximum atomic E-state index is 12.5. The van der Waals surface area contributed by atoms with Crippen LogP contribution in [0.2, 0.25) is 0 Å². The van der Waals surface area contributed by atoms with Crippen LogP contribution in [0.15, 0.2) is 51.6 Å². The predicted octanol–water partition coefficient (Wildman–Crippen LogP) is 2.76. The first-order valence-electron chi connectivity index (χ1n) is 7.94. The summed E-state index contributed by atoms with van der Waals surface area (Å²) >= 11 is 0. The summed E-state index contributed by atoms with van der Waals surface area (Å²) in [7, 11) is 3.45. The second-order valence-electron chi connectivity index (χ2n) is 5.69. The summed E-state index contributed by atoms with van der Waals surface area (Å²) in [4.78, 5) is 16.7. The molecule has 0 aliphatic carbocycles. The molecule has 8 heteroatoms. The Hall–Kier alpha value is -3.55. The summed E-state index contributed by atoms with van der Waals surface area (Å²) < 4.78 is 17.4. The molecule has 26 heavy (non-hydrogen) atoms. The number of aryl methyl sites for hydroxylation is 1. The number of hydrogen-bond acceptors (Lipinski definition) is 6. The lowest BCUT2D eigenvalue weighted by Gasteiger charge is -2.04. The Bertz CT molecular complexity index is 1060. The minimum absolute atomic E-state index is 0.147. The number of benzene rings is 1. The van der Waals surface area contributed by atoms with Crippen LogP contribution in [-0.4, -0.2) is 27.7 Å². The highest BCUT2D eigenvalue weighted by Gasteiger charge is 2.16. The lowest BCUT2D eigenvalue weighted by molar-refractivity contribution is 0.0942. The van der Waals surface area contributed by atoms with E-state index in [-0.39, 0.29) is 18.3 Å². The molecule has 1 aromatic carbocycles. The van der Waals surface area contributed by atoms with Crippen molar-refractivity contribution in [2.24, 2.45) is 7.05 Å². The molecule has 0 radical (unpaired) electrons. The quantitative estimate of drug-likeness (QED) is 0.593. The van der Waals surface area contributed by atoms with Crippen molar-refractivity contribution in [2.75, 3.05) is 7.11 Å². The topological polar surface area (TPSA) is 95.3 Å². The fourth-order valence-corrected chi connectivity index (χ4v) is 2.75. The van der Waals surface area contributed by atoms with Crippen molar-refractivity contribution in [3.8, 4) is 17.4 Å². The Labute approximate surface area is 148 Å². The molecule has 4 rings (SSSR count). The lowest BCUT2D eigenvalue weighted by Crippen LogP contribution is -2.25. The van der Waals surface area contributed by atoms with E-state index in [1.165, 1.54) is 6.26 Å². The minimum Gasteiger partial charge on any atom is -0.497 e. The van der Waals surface area contributed by atoms with Gasteiger partial charge in [0, 0.05) is 18.0 Å². The van der Waals surface area contributed by atoms with Crippen molar-refractivity contribution in [1.82, 2.24) is 20.0 Å². The van der Waals surface area contributed by atoms with Crippen LogP contribution >= 0.6 is 0 Å². The first-order valence-corrected chi connectivity index (χ1v) is 7.94. The molecule has 0 aliphatic heterocycles. The number of amides is 1. The van der Waals surface area contributed by atoms with Gasteiger partial charge >= 0.3 is 0 Å². The van der Waals surface area contributed by atoms with Gasteiger partial charge in [-0.25, -0.2) is 0 Å². The second kappa shape index (κ2) is 6.40. The SMILES string of the molecule is COc1ccc2c(c1)cc(C(=O)NCc1noc(-c3ccco3)n1)n2C. The molecule has 8 nitrogen and oxygen atoms in total. The molecule has 1 amide bonds. The molecule has 1 N–H and O–H groups in total. The largest absolute Gasteiger partial charge is 0.497 e. The molecule has 0 aliphatic rings. The van der Waals surface area contributed by atoms with E-state index >= 15 is 0 Å². The molecule has 0 bridgehead atoms. The van der Waals surface area contributed by atoms with E-state index in [1.807, 2.05) is 35.9 Å². The van der Waals surface area contributed by atoms with Gasteiger partial charge in [-0.05, 0) is 36.4 Å². The van der Waals surface area contributed by atoms with Crippen LogP contribution in [0.3, 0.4) is 0 Å². The van der Waals surface area contributed by atoms with Crippen LogP contribution in [0.1, 0.15) is 16.3 Å². The van der Waals surface area contributed by atoms with Crippen LogP contribution in [0.4, 0.5) is 0 Å². The first-order chi connectivity index (χ1) is 12.7. The van der Waals surface area contributed by atoms with E-state index in [0.29, 0.717) is 17.3 Å². The van der Waals surface area contributed by atoms with Gasteiger partial charge in [-0.15, -0.1) is 0 Å². The number of ether oxygens (including phenoxy) is 1. The van der Waals surface area contributed by atoms with E-state index in [1.54, 1.807) is 19.2 Å². The third-order valence-corrected chi connectivity index (χ3v) is 4.09. The van der Waals surface area contributed by atoms with E-state index in [4.69, 9.17) is 13.7 Å². The summed E-state index contributed by atoms with van der Waals surface area (Å²) in [5.41, 5.74) is 1.47. The van der Waals surface area contributed by atoms with E-state index in [9.17, 15) is 4.79 Å². The number of carbonyl (C=O) groups is 1. The average Bonchev–Trinajstić information content (AvgIpc) is 3.39. The zero-order valence-electron chi connectivity index (χ0n) is 14.2. The van der Waals surface area contributed by atoms with Crippen molar-refractivity contribution < 1.29 is 18.5 Å². The normalized spacial score (nSPS) is 11.0. The van der Waals surface area contributed by atoms with Gasteiger partial charge in [-0.1, -0.05) is 5.16 Å². The fourth-order valence-electron chi connectivity index (χ4n) is 2.75. The van der Waals surface area contributed by atoms with Gasteiger partial charge in [0.1, 0.15) is 11.4 Å². The summed E-state index contributed by atoms with van der Waals surface area (Å²) in [5, 5.41) is 7.57.